The van der Waals surface area contributed by atoms with E-state index in [1.165, 1.54) is 14.2 Å². The molecule has 0 rings (SSSR count). The third kappa shape index (κ3) is 7.83. The van der Waals surface area contributed by atoms with Crippen molar-refractivity contribution in [2.24, 2.45) is 5.73 Å². The number of esters is 2. The van der Waals surface area contributed by atoms with Crippen LogP contribution in [0.4, 0.5) is 0 Å². The molecule has 5 nitrogen and oxygen atoms in total. The van der Waals surface area contributed by atoms with E-state index in [0.29, 0.717) is 0 Å². The first kappa shape index (κ1) is 18.3. The maximum absolute atomic E-state index is 10.6. The van der Waals surface area contributed by atoms with Crippen LogP contribution in [0.3, 0.4) is 0 Å². The number of hydrogen-bond donors (Lipinski definition) is 1. The van der Waals surface area contributed by atoms with Crippen molar-refractivity contribution in [3.05, 3.63) is 0 Å². The molecule has 80 valence electrons. The van der Waals surface area contributed by atoms with E-state index in [4.69, 9.17) is 5.73 Å². The fourth-order valence-corrected chi connectivity index (χ4v) is 0.498. The predicted molar refractivity (Wildman–Crippen MR) is 51.1 cm³/mol. The van der Waals surface area contributed by atoms with Gasteiger partial charge in [-0.05, 0) is 0 Å². The van der Waals surface area contributed by atoms with Gasteiger partial charge in [0.2, 0.25) is 0 Å². The molecule has 0 aliphatic heterocycles. The third-order valence-electron chi connectivity index (χ3n) is 1.12. The maximum Gasteiger partial charge on any atom is 0.323 e. The van der Waals surface area contributed by atoms with Crippen molar-refractivity contribution in [1.82, 2.24) is 0 Å². The number of ether oxygens (including phenoxy) is 2. The van der Waals surface area contributed by atoms with Crippen LogP contribution in [-0.4, -0.2) is 32.2 Å². The van der Waals surface area contributed by atoms with Crippen LogP contribution in [0.15, 0.2) is 0 Å². The van der Waals surface area contributed by atoms with E-state index in [2.05, 4.69) is 9.47 Å². The van der Waals surface area contributed by atoms with Crippen molar-refractivity contribution in [3.8, 4) is 0 Å². The Kier molecular flexibility index (Phi) is 13.5. The first-order valence-electron chi connectivity index (χ1n) is 3.02. The number of methoxy groups -OCH3 is 2. The maximum atomic E-state index is 10.6. The molecule has 0 radical (unpaired) electrons. The second-order valence-corrected chi connectivity index (χ2v) is 1.91. The Hall–Kier alpha value is -0.520. The van der Waals surface area contributed by atoms with Gasteiger partial charge in [-0.15, -0.1) is 24.8 Å². The van der Waals surface area contributed by atoms with Gasteiger partial charge in [-0.3, -0.25) is 9.59 Å². The van der Waals surface area contributed by atoms with Crippen molar-refractivity contribution in [2.45, 2.75) is 12.5 Å². The zero-order valence-electron chi connectivity index (χ0n) is 7.31. The molecule has 2 N–H and O–H groups in total. The third-order valence-corrected chi connectivity index (χ3v) is 1.12. The SMILES string of the molecule is COC(=O)CC(N)C(=O)OC.Cl.Cl. The standard InChI is InChI=1S/C6H11NO4.2ClH/c1-10-5(8)3-4(7)6(9)11-2;;/h4H,3,7H2,1-2H3;2*1H. The number of carbonyl (C=O) groups excluding carboxylic acids is 2. The van der Waals surface area contributed by atoms with Gasteiger partial charge in [-0.1, -0.05) is 0 Å². The van der Waals surface area contributed by atoms with Gasteiger partial charge < -0.3 is 15.2 Å². The summed E-state index contributed by atoms with van der Waals surface area (Å²) in [5.41, 5.74) is 5.23. The minimum Gasteiger partial charge on any atom is -0.469 e. The van der Waals surface area contributed by atoms with Gasteiger partial charge in [0.25, 0.3) is 0 Å². The minimum atomic E-state index is -0.924. The summed E-state index contributed by atoms with van der Waals surface area (Å²) in [5, 5.41) is 0. The van der Waals surface area contributed by atoms with Gasteiger partial charge in [-0.2, -0.15) is 0 Å². The quantitative estimate of drug-likeness (QED) is 0.689. The highest BCUT2D eigenvalue weighted by molar-refractivity contribution is 5.85. The first-order chi connectivity index (χ1) is 5.11. The summed E-state index contributed by atoms with van der Waals surface area (Å²) < 4.78 is 8.57. The highest BCUT2D eigenvalue weighted by Crippen LogP contribution is 1.92. The summed E-state index contributed by atoms with van der Waals surface area (Å²) in [7, 11) is 2.44. The average Bonchev–Trinajstić information content (AvgIpc) is 2.02. The van der Waals surface area contributed by atoms with Gasteiger partial charge in [0.05, 0.1) is 20.6 Å². The molecular weight excluding hydrogens is 221 g/mol. The fraction of sp³-hybridized carbons (Fsp3) is 0.667. The summed E-state index contributed by atoms with van der Waals surface area (Å²) in [4.78, 5) is 21.1. The summed E-state index contributed by atoms with van der Waals surface area (Å²) in [6, 6.07) is -0.924. The molecule has 0 fully saturated rings. The minimum absolute atomic E-state index is 0. The van der Waals surface area contributed by atoms with Crippen LogP contribution in [0.25, 0.3) is 0 Å². The van der Waals surface area contributed by atoms with Crippen molar-refractivity contribution in [3.63, 3.8) is 0 Å². The molecule has 0 amide bonds. The molecule has 0 aromatic rings. The lowest BCUT2D eigenvalue weighted by Gasteiger charge is -2.06. The van der Waals surface area contributed by atoms with Crippen molar-refractivity contribution in [1.29, 1.82) is 0 Å². The molecule has 0 saturated carbocycles. The highest BCUT2D eigenvalue weighted by atomic mass is 35.5. The molecule has 13 heavy (non-hydrogen) atoms. The Morgan fingerprint density at radius 2 is 1.69 bits per heavy atom. The normalized spacial score (nSPS) is 10.1. The van der Waals surface area contributed by atoms with E-state index in [1.807, 2.05) is 0 Å². The van der Waals surface area contributed by atoms with Crippen LogP contribution >= 0.6 is 24.8 Å². The van der Waals surface area contributed by atoms with Crippen LogP contribution in [0, 0.1) is 0 Å². The molecule has 7 heteroatoms. The Morgan fingerprint density at radius 1 is 1.23 bits per heavy atom. The number of rotatable bonds is 3. The highest BCUT2D eigenvalue weighted by Gasteiger charge is 2.17. The summed E-state index contributed by atoms with van der Waals surface area (Å²) in [6.07, 6.45) is -0.150. The van der Waals surface area contributed by atoms with Crippen molar-refractivity contribution in [2.75, 3.05) is 14.2 Å². The van der Waals surface area contributed by atoms with E-state index in [-0.39, 0.29) is 31.2 Å². The van der Waals surface area contributed by atoms with Crippen LogP contribution in [0.2, 0.25) is 0 Å². The second kappa shape index (κ2) is 9.57. The zero-order valence-corrected chi connectivity index (χ0v) is 8.94. The van der Waals surface area contributed by atoms with Crippen molar-refractivity contribution >= 4 is 36.8 Å². The number of nitrogens with two attached hydrogens (primary N) is 1. The Labute approximate surface area is 88.8 Å². The molecule has 0 spiro atoms. The van der Waals surface area contributed by atoms with Gasteiger partial charge in [0.15, 0.2) is 0 Å². The lowest BCUT2D eigenvalue weighted by Crippen LogP contribution is -2.34. The van der Waals surface area contributed by atoms with Gasteiger partial charge in [-0.25, -0.2) is 0 Å². The van der Waals surface area contributed by atoms with Gasteiger partial charge in [0, 0.05) is 0 Å². The summed E-state index contributed by atoms with van der Waals surface area (Å²) in [6.45, 7) is 0. The van der Waals surface area contributed by atoms with E-state index >= 15 is 0 Å². The van der Waals surface area contributed by atoms with E-state index in [1.54, 1.807) is 0 Å². The molecule has 0 aromatic carbocycles. The van der Waals surface area contributed by atoms with Gasteiger partial charge >= 0.3 is 11.9 Å². The number of hydrogen-bond acceptors (Lipinski definition) is 5. The molecule has 0 bridgehead atoms. The van der Waals surface area contributed by atoms with E-state index in [9.17, 15) is 9.59 Å². The number of carbonyl (C=O) groups is 2. The average molecular weight is 234 g/mol. The lowest BCUT2D eigenvalue weighted by atomic mass is 10.2. The van der Waals surface area contributed by atoms with Crippen LogP contribution < -0.4 is 5.73 Å². The lowest BCUT2D eigenvalue weighted by molar-refractivity contribution is -0.148. The smallest absolute Gasteiger partial charge is 0.323 e. The summed E-state index contributed by atoms with van der Waals surface area (Å²) in [5.74, 6) is -1.14. The molecule has 0 aliphatic rings. The van der Waals surface area contributed by atoms with Gasteiger partial charge in [0.1, 0.15) is 6.04 Å². The van der Waals surface area contributed by atoms with Crippen LogP contribution in [-0.2, 0) is 19.1 Å². The fourth-order valence-electron chi connectivity index (χ4n) is 0.498. The number of halogens is 2. The van der Waals surface area contributed by atoms with Crippen molar-refractivity contribution < 1.29 is 19.1 Å². The topological polar surface area (TPSA) is 78.6 Å². The summed E-state index contributed by atoms with van der Waals surface area (Å²) >= 11 is 0. The van der Waals surface area contributed by atoms with Crippen LogP contribution in [0.5, 0.6) is 0 Å². The molecule has 0 heterocycles. The molecule has 1 unspecified atom stereocenters. The molecule has 0 aromatic heterocycles. The monoisotopic (exact) mass is 233 g/mol. The first-order valence-corrected chi connectivity index (χ1v) is 3.02. The van der Waals surface area contributed by atoms with Crippen LogP contribution in [0.1, 0.15) is 6.42 Å². The molecular formula is C6H13Cl2NO4. The Bertz CT molecular complexity index is 165. The largest absolute Gasteiger partial charge is 0.469 e. The zero-order chi connectivity index (χ0) is 8.85. The Balaban J connectivity index is -0.000000500. The second-order valence-electron chi connectivity index (χ2n) is 1.91. The molecule has 0 aliphatic carbocycles. The predicted octanol–water partition coefficient (Wildman–Crippen LogP) is -0.107. The van der Waals surface area contributed by atoms with E-state index < -0.39 is 18.0 Å². The Morgan fingerprint density at radius 3 is 2.00 bits per heavy atom. The van der Waals surface area contributed by atoms with E-state index in [0.717, 1.165) is 0 Å². The molecule has 0 saturated heterocycles. The molecule has 1 atom stereocenters.